The van der Waals surface area contributed by atoms with Crippen LogP contribution in [0.2, 0.25) is 0 Å². The number of nitriles is 1. The van der Waals surface area contributed by atoms with Gasteiger partial charge in [0.1, 0.15) is 11.7 Å². The zero-order valence-corrected chi connectivity index (χ0v) is 19.2. The Kier molecular flexibility index (Phi) is 7.03. The Morgan fingerprint density at radius 2 is 1.81 bits per heavy atom. The Morgan fingerprint density at radius 3 is 2.49 bits per heavy atom. The minimum absolute atomic E-state index is 0.241. The van der Waals surface area contributed by atoms with E-state index in [1.165, 1.54) is 18.3 Å². The van der Waals surface area contributed by atoms with Crippen molar-refractivity contribution in [2.24, 2.45) is 0 Å². The Bertz CT molecular complexity index is 1410. The van der Waals surface area contributed by atoms with Gasteiger partial charge in [-0.2, -0.15) is 18.4 Å². The van der Waals surface area contributed by atoms with Crippen LogP contribution in [0.1, 0.15) is 46.4 Å². The lowest BCUT2D eigenvalue weighted by molar-refractivity contribution is -0.141. The quantitative estimate of drug-likeness (QED) is 0.318. The highest BCUT2D eigenvalue weighted by Gasteiger charge is 2.47. The molecule has 11 heteroatoms. The number of aromatic nitrogens is 2. The molecule has 3 heterocycles. The van der Waals surface area contributed by atoms with E-state index in [2.05, 4.69) is 9.97 Å². The van der Waals surface area contributed by atoms with Gasteiger partial charge in [-0.25, -0.2) is 8.78 Å². The van der Waals surface area contributed by atoms with Crippen LogP contribution in [-0.2, 0) is 11.0 Å². The molecule has 1 aliphatic heterocycles. The fourth-order valence-corrected chi connectivity index (χ4v) is 4.07. The molecule has 0 unspecified atom stereocenters. The van der Waals surface area contributed by atoms with Crippen molar-refractivity contribution in [1.29, 1.82) is 5.26 Å². The van der Waals surface area contributed by atoms with E-state index < -0.39 is 48.5 Å². The molecule has 6 nitrogen and oxygen atoms in total. The Hall–Kier alpha value is -4.20. The number of hydrogen-bond donors (Lipinski definition) is 0. The maximum absolute atomic E-state index is 13.6. The second-order valence-electron chi connectivity index (χ2n) is 8.59. The second kappa shape index (κ2) is 10.0. The molecule has 0 saturated carbocycles. The van der Waals surface area contributed by atoms with Gasteiger partial charge in [-0.05, 0) is 35.4 Å². The third kappa shape index (κ3) is 5.97. The Balaban J connectivity index is 1.49. The lowest BCUT2D eigenvalue weighted by Gasteiger charge is -2.18. The van der Waals surface area contributed by atoms with Crippen LogP contribution >= 0.6 is 0 Å². The predicted molar refractivity (Wildman–Crippen MR) is 124 cm³/mol. The van der Waals surface area contributed by atoms with Crippen LogP contribution in [0.25, 0.3) is 23.1 Å². The highest BCUT2D eigenvalue weighted by atomic mass is 19.4. The monoisotopic (exact) mass is 514 g/mol. The number of alkyl halides is 5. The summed E-state index contributed by atoms with van der Waals surface area (Å²) in [5.74, 6) is -4.22. The highest BCUT2D eigenvalue weighted by molar-refractivity contribution is 6.08. The standard InChI is InChI=1S/C26H19F5N4O2/c27-25(28)12-18(13-32)35(15-25)24(37)8-6-22(36)19-9-10-33-21-5-3-16(11-20(19)21)1-2-17-4-7-23(34-14-17)26(29,30)31/h1-5,7,9-11,14,18H,6,8,12,15H2/b2-1+/t18-/m0/s1. The van der Waals surface area contributed by atoms with Crippen molar-refractivity contribution in [3.05, 3.63) is 71.2 Å². The van der Waals surface area contributed by atoms with E-state index in [4.69, 9.17) is 5.26 Å². The molecule has 37 heavy (non-hydrogen) atoms. The highest BCUT2D eigenvalue weighted by Crippen LogP contribution is 2.32. The topological polar surface area (TPSA) is 87.0 Å². The first kappa shape index (κ1) is 25.9. The van der Waals surface area contributed by atoms with Crippen molar-refractivity contribution in [2.75, 3.05) is 6.54 Å². The SMILES string of the molecule is N#C[C@@H]1CC(F)(F)CN1C(=O)CCC(=O)c1ccnc2ccc(/C=C/c3ccc(C(F)(F)F)nc3)cc12. The van der Waals surface area contributed by atoms with Crippen molar-refractivity contribution in [3.63, 3.8) is 0 Å². The van der Waals surface area contributed by atoms with Crippen LogP contribution in [0.4, 0.5) is 22.0 Å². The van der Waals surface area contributed by atoms with Crippen molar-refractivity contribution < 1.29 is 31.5 Å². The maximum atomic E-state index is 13.6. The average molecular weight is 514 g/mol. The zero-order chi connectivity index (χ0) is 26.8. The smallest absolute Gasteiger partial charge is 0.320 e. The van der Waals surface area contributed by atoms with E-state index in [9.17, 15) is 31.5 Å². The largest absolute Gasteiger partial charge is 0.433 e. The molecule has 1 atom stereocenters. The Morgan fingerprint density at radius 1 is 1.08 bits per heavy atom. The summed E-state index contributed by atoms with van der Waals surface area (Å²) in [5, 5.41) is 9.57. The van der Waals surface area contributed by atoms with E-state index in [0.717, 1.165) is 17.2 Å². The maximum Gasteiger partial charge on any atom is 0.433 e. The lowest BCUT2D eigenvalue weighted by atomic mass is 10.00. The fraction of sp³-hybridized carbons (Fsp3) is 0.269. The minimum Gasteiger partial charge on any atom is -0.320 e. The number of amides is 1. The zero-order valence-electron chi connectivity index (χ0n) is 19.2. The summed E-state index contributed by atoms with van der Waals surface area (Å²) in [5.41, 5.74) is 0.880. The summed E-state index contributed by atoms with van der Waals surface area (Å²) in [6.07, 6.45) is -0.0666. The summed E-state index contributed by atoms with van der Waals surface area (Å²) in [4.78, 5) is 33.8. The number of benzene rings is 1. The number of carbonyl (C=O) groups excluding carboxylic acids is 2. The summed E-state index contributed by atoms with van der Waals surface area (Å²) >= 11 is 0. The van der Waals surface area contributed by atoms with Gasteiger partial charge in [-0.15, -0.1) is 0 Å². The second-order valence-corrected chi connectivity index (χ2v) is 8.59. The van der Waals surface area contributed by atoms with E-state index in [1.807, 2.05) is 0 Å². The first-order valence-corrected chi connectivity index (χ1v) is 11.2. The molecule has 0 N–H and O–H groups in total. The van der Waals surface area contributed by atoms with Gasteiger partial charge in [0.15, 0.2) is 5.78 Å². The van der Waals surface area contributed by atoms with E-state index in [-0.39, 0.29) is 18.4 Å². The number of carbonyl (C=O) groups is 2. The molecule has 2 aromatic heterocycles. The number of fused-ring (bicyclic) bond motifs is 1. The molecule has 0 bridgehead atoms. The molecule has 1 aliphatic rings. The third-order valence-electron chi connectivity index (χ3n) is 5.92. The summed E-state index contributed by atoms with van der Waals surface area (Å²) < 4.78 is 65.3. The molecule has 1 fully saturated rings. The van der Waals surface area contributed by atoms with Crippen LogP contribution in [0, 0.1) is 11.3 Å². The molecule has 0 spiro atoms. The molecule has 3 aromatic rings. The molecule has 4 rings (SSSR count). The van der Waals surface area contributed by atoms with Gasteiger partial charge in [-0.1, -0.05) is 24.3 Å². The van der Waals surface area contributed by atoms with Gasteiger partial charge in [-0.3, -0.25) is 19.6 Å². The summed E-state index contributed by atoms with van der Waals surface area (Å²) in [6, 6.07) is 9.20. The summed E-state index contributed by atoms with van der Waals surface area (Å²) in [7, 11) is 0. The van der Waals surface area contributed by atoms with Crippen LogP contribution in [0.5, 0.6) is 0 Å². The Labute approximate surface area is 208 Å². The molecule has 0 aliphatic carbocycles. The van der Waals surface area contributed by atoms with Crippen LogP contribution in [0.15, 0.2) is 48.8 Å². The van der Waals surface area contributed by atoms with Gasteiger partial charge in [0.25, 0.3) is 5.92 Å². The number of Topliss-reactive ketones (excluding diaryl/α,β-unsaturated/α-hetero) is 1. The number of halogens is 5. The van der Waals surface area contributed by atoms with Gasteiger partial charge in [0, 0.05) is 42.6 Å². The van der Waals surface area contributed by atoms with Crippen molar-refractivity contribution in [2.45, 2.75) is 37.4 Å². The van der Waals surface area contributed by atoms with Gasteiger partial charge < -0.3 is 4.90 Å². The number of ketones is 1. The molecular formula is C26H19F5N4O2. The number of likely N-dealkylation sites (tertiary alicyclic amines) is 1. The molecular weight excluding hydrogens is 495 g/mol. The van der Waals surface area contributed by atoms with E-state index in [1.54, 1.807) is 36.4 Å². The van der Waals surface area contributed by atoms with Crippen molar-refractivity contribution in [3.8, 4) is 6.07 Å². The molecule has 1 saturated heterocycles. The molecule has 1 amide bonds. The number of nitrogens with zero attached hydrogens (tertiary/aromatic N) is 4. The summed E-state index contributed by atoms with van der Waals surface area (Å²) in [6.45, 7) is -0.847. The van der Waals surface area contributed by atoms with E-state index in [0.29, 0.717) is 22.0 Å². The van der Waals surface area contributed by atoms with Gasteiger partial charge in [0.2, 0.25) is 5.91 Å². The van der Waals surface area contributed by atoms with E-state index >= 15 is 0 Å². The van der Waals surface area contributed by atoms with Gasteiger partial charge >= 0.3 is 6.18 Å². The molecule has 190 valence electrons. The molecule has 0 radical (unpaired) electrons. The average Bonchev–Trinajstić information content (AvgIpc) is 3.19. The lowest BCUT2D eigenvalue weighted by Crippen LogP contribution is -2.36. The van der Waals surface area contributed by atoms with Crippen molar-refractivity contribution >= 4 is 34.7 Å². The third-order valence-corrected chi connectivity index (χ3v) is 5.92. The van der Waals surface area contributed by atoms with Crippen molar-refractivity contribution in [1.82, 2.24) is 14.9 Å². The van der Waals surface area contributed by atoms with Crippen LogP contribution in [-0.4, -0.2) is 45.1 Å². The van der Waals surface area contributed by atoms with Gasteiger partial charge in [0.05, 0.1) is 18.1 Å². The van der Waals surface area contributed by atoms with Crippen LogP contribution < -0.4 is 0 Å². The fourth-order valence-electron chi connectivity index (χ4n) is 4.07. The van der Waals surface area contributed by atoms with Crippen LogP contribution in [0.3, 0.4) is 0 Å². The number of rotatable bonds is 6. The predicted octanol–water partition coefficient (Wildman–Crippen LogP) is 5.54. The number of pyridine rings is 2. The molecule has 1 aromatic carbocycles. The number of hydrogen-bond acceptors (Lipinski definition) is 5. The minimum atomic E-state index is -4.53. The first-order valence-electron chi connectivity index (χ1n) is 11.2. The first-order chi connectivity index (χ1) is 17.5. The normalized spacial score (nSPS) is 17.3.